The van der Waals surface area contributed by atoms with Gasteiger partial charge in [0.1, 0.15) is 5.60 Å². The fourth-order valence-corrected chi connectivity index (χ4v) is 4.47. The topological polar surface area (TPSA) is 119 Å². The molecule has 11 heteroatoms. The van der Waals surface area contributed by atoms with Gasteiger partial charge in [0.05, 0.1) is 16.5 Å². The summed E-state index contributed by atoms with van der Waals surface area (Å²) >= 11 is 0. The number of anilines is 2. The van der Waals surface area contributed by atoms with E-state index in [0.717, 1.165) is 23.9 Å². The van der Waals surface area contributed by atoms with Crippen LogP contribution in [0.5, 0.6) is 0 Å². The molecule has 1 saturated heterocycles. The van der Waals surface area contributed by atoms with Gasteiger partial charge < -0.3 is 15.0 Å². The van der Waals surface area contributed by atoms with Gasteiger partial charge in [-0.2, -0.15) is 10.1 Å². The molecular weight excluding hydrogens is 456 g/mol. The highest BCUT2D eigenvalue weighted by Gasteiger charge is 2.27. The molecule has 1 amide bonds. The second-order valence-corrected chi connectivity index (χ2v) is 11.6. The highest BCUT2D eigenvalue weighted by molar-refractivity contribution is 7.90. The smallest absolute Gasteiger partial charge is 0.410 e. The molecule has 1 N–H and O–H groups in total. The molecule has 0 saturated carbocycles. The predicted octanol–water partition coefficient (Wildman–Crippen LogP) is 3.62. The van der Waals surface area contributed by atoms with Gasteiger partial charge in [-0.3, -0.25) is 0 Å². The number of aromatic nitrogens is 4. The van der Waals surface area contributed by atoms with Crippen molar-refractivity contribution in [2.24, 2.45) is 5.92 Å². The summed E-state index contributed by atoms with van der Waals surface area (Å²) in [4.78, 5) is 23.3. The maximum atomic E-state index is 12.3. The zero-order valence-corrected chi connectivity index (χ0v) is 20.7. The fraction of sp³-hybridized carbons (Fsp3) is 0.478. The number of benzene rings is 1. The molecule has 34 heavy (non-hydrogen) atoms. The van der Waals surface area contributed by atoms with Crippen LogP contribution in [0.15, 0.2) is 41.6 Å². The normalized spacial score (nSPS) is 15.5. The number of nitrogens with zero attached hydrogens (tertiary/aromatic N) is 5. The number of fused-ring (bicyclic) bond motifs is 1. The molecule has 4 rings (SSSR count). The largest absolute Gasteiger partial charge is 0.444 e. The predicted molar refractivity (Wildman–Crippen MR) is 129 cm³/mol. The van der Waals surface area contributed by atoms with Gasteiger partial charge in [-0.1, -0.05) is 0 Å². The monoisotopic (exact) mass is 486 g/mol. The number of likely N-dealkylation sites (tertiary alicyclic amines) is 1. The third-order valence-electron chi connectivity index (χ3n) is 5.61. The van der Waals surface area contributed by atoms with Gasteiger partial charge in [-0.05, 0) is 63.8 Å². The molecular formula is C23H30N6O4S. The van der Waals surface area contributed by atoms with Gasteiger partial charge in [-0.25, -0.2) is 22.9 Å². The van der Waals surface area contributed by atoms with Crippen molar-refractivity contribution in [2.75, 3.05) is 24.7 Å². The van der Waals surface area contributed by atoms with Crippen LogP contribution in [0.2, 0.25) is 0 Å². The first-order valence-corrected chi connectivity index (χ1v) is 13.1. The van der Waals surface area contributed by atoms with E-state index in [0.29, 0.717) is 37.2 Å². The zero-order valence-electron chi connectivity index (χ0n) is 19.9. The van der Waals surface area contributed by atoms with Gasteiger partial charge in [0, 0.05) is 37.8 Å². The highest BCUT2D eigenvalue weighted by Crippen LogP contribution is 2.23. The Bertz CT molecular complexity index is 1270. The van der Waals surface area contributed by atoms with E-state index in [-0.39, 0.29) is 11.0 Å². The van der Waals surface area contributed by atoms with Crippen LogP contribution in [-0.2, 0) is 21.1 Å². The van der Waals surface area contributed by atoms with Gasteiger partial charge in [0.15, 0.2) is 15.5 Å². The van der Waals surface area contributed by atoms with Gasteiger partial charge in [0.2, 0.25) is 5.95 Å². The molecule has 3 aromatic rings. The first-order valence-electron chi connectivity index (χ1n) is 11.2. The van der Waals surface area contributed by atoms with E-state index in [9.17, 15) is 13.2 Å². The van der Waals surface area contributed by atoms with Crippen molar-refractivity contribution in [3.05, 3.63) is 36.7 Å². The van der Waals surface area contributed by atoms with E-state index in [2.05, 4.69) is 20.4 Å². The number of amides is 1. The second-order valence-electron chi connectivity index (χ2n) is 9.63. The molecule has 0 spiro atoms. The van der Waals surface area contributed by atoms with E-state index in [1.807, 2.05) is 25.5 Å². The van der Waals surface area contributed by atoms with Crippen molar-refractivity contribution < 1.29 is 17.9 Å². The minimum Gasteiger partial charge on any atom is -0.444 e. The van der Waals surface area contributed by atoms with Crippen molar-refractivity contribution in [2.45, 2.75) is 50.7 Å². The summed E-state index contributed by atoms with van der Waals surface area (Å²) in [5, 5.41) is 8.45. The second kappa shape index (κ2) is 9.21. The van der Waals surface area contributed by atoms with Crippen LogP contribution in [-0.4, -0.2) is 64.1 Å². The number of carbonyl (C=O) groups is 1. The third-order valence-corrected chi connectivity index (χ3v) is 6.74. The summed E-state index contributed by atoms with van der Waals surface area (Å²) < 4.78 is 30.6. The molecule has 3 heterocycles. The Balaban J connectivity index is 1.41. The number of sulfone groups is 1. The van der Waals surface area contributed by atoms with Crippen molar-refractivity contribution in [3.8, 4) is 0 Å². The molecule has 1 aliphatic heterocycles. The molecule has 2 aromatic heterocycles. The molecule has 182 valence electrons. The van der Waals surface area contributed by atoms with Crippen LogP contribution >= 0.6 is 0 Å². The Hall–Kier alpha value is -3.21. The summed E-state index contributed by atoms with van der Waals surface area (Å²) in [6.07, 6.45) is 6.10. The molecule has 0 unspecified atom stereocenters. The molecule has 10 nitrogen and oxygen atoms in total. The summed E-state index contributed by atoms with van der Waals surface area (Å²) in [6.45, 7) is 7.63. The van der Waals surface area contributed by atoms with Gasteiger partial charge in [-0.15, -0.1) is 0 Å². The number of rotatable bonds is 5. The molecule has 1 aliphatic rings. The standard InChI is InChI=1S/C23H30N6O4S/c1-23(2,3)33-22(30)28-11-9-16(10-12-28)15-29-20-17(14-25-29)13-24-21(27-20)26-18-5-7-19(8-6-18)34(4,31)32/h5-8,13-14,16H,9-12,15H2,1-4H3,(H,24,26,27). The number of ether oxygens (including phenoxy) is 1. The molecule has 1 aromatic carbocycles. The van der Waals surface area contributed by atoms with Crippen molar-refractivity contribution in [1.82, 2.24) is 24.6 Å². The number of hydrogen-bond acceptors (Lipinski definition) is 8. The van der Waals surface area contributed by atoms with Gasteiger partial charge >= 0.3 is 6.09 Å². The van der Waals surface area contributed by atoms with Gasteiger partial charge in [0.25, 0.3) is 0 Å². The van der Waals surface area contributed by atoms with E-state index in [1.165, 1.54) is 6.26 Å². The van der Waals surface area contributed by atoms with E-state index in [4.69, 9.17) is 4.74 Å². The number of hydrogen-bond donors (Lipinski definition) is 1. The molecule has 1 fully saturated rings. The Morgan fingerprint density at radius 3 is 2.44 bits per heavy atom. The Kier molecular flexibility index (Phi) is 6.48. The average Bonchev–Trinajstić information content (AvgIpc) is 3.15. The van der Waals surface area contributed by atoms with E-state index >= 15 is 0 Å². The lowest BCUT2D eigenvalue weighted by molar-refractivity contribution is 0.0177. The zero-order chi connectivity index (χ0) is 24.5. The molecule has 0 atom stereocenters. The maximum Gasteiger partial charge on any atom is 0.410 e. The van der Waals surface area contributed by atoms with Crippen LogP contribution in [0.3, 0.4) is 0 Å². The summed E-state index contributed by atoms with van der Waals surface area (Å²) in [6, 6.07) is 6.45. The Labute approximate surface area is 199 Å². The average molecular weight is 487 g/mol. The Morgan fingerprint density at radius 1 is 1.15 bits per heavy atom. The lowest BCUT2D eigenvalue weighted by atomic mass is 9.97. The quantitative estimate of drug-likeness (QED) is 0.581. The lowest BCUT2D eigenvalue weighted by Gasteiger charge is -2.33. The fourth-order valence-electron chi connectivity index (χ4n) is 3.84. The molecule has 0 aliphatic carbocycles. The molecule has 0 bridgehead atoms. The summed E-state index contributed by atoms with van der Waals surface area (Å²) in [5.41, 5.74) is 0.912. The Morgan fingerprint density at radius 2 is 1.82 bits per heavy atom. The maximum absolute atomic E-state index is 12.3. The van der Waals surface area contributed by atoms with Crippen LogP contribution in [0.25, 0.3) is 11.0 Å². The third kappa shape index (κ3) is 5.82. The number of piperidine rings is 1. The summed E-state index contributed by atoms with van der Waals surface area (Å²) in [5.74, 6) is 0.776. The van der Waals surface area contributed by atoms with Crippen molar-refractivity contribution in [1.29, 1.82) is 0 Å². The number of carbonyl (C=O) groups excluding carboxylic acids is 1. The van der Waals surface area contributed by atoms with Crippen LogP contribution in [0.1, 0.15) is 33.6 Å². The minimum atomic E-state index is -3.25. The first kappa shape index (κ1) is 23.9. The highest BCUT2D eigenvalue weighted by atomic mass is 32.2. The minimum absolute atomic E-state index is 0.255. The van der Waals surface area contributed by atoms with Crippen LogP contribution in [0.4, 0.5) is 16.4 Å². The van der Waals surface area contributed by atoms with Crippen LogP contribution < -0.4 is 5.32 Å². The van der Waals surface area contributed by atoms with Crippen molar-refractivity contribution >= 4 is 38.6 Å². The lowest BCUT2D eigenvalue weighted by Crippen LogP contribution is -2.42. The van der Waals surface area contributed by atoms with Crippen LogP contribution in [0, 0.1) is 5.92 Å². The first-order chi connectivity index (χ1) is 16.0. The molecule has 0 radical (unpaired) electrons. The SMILES string of the molecule is CC(C)(C)OC(=O)N1CCC(Cn2ncc3cnc(Nc4ccc(S(C)(=O)=O)cc4)nc32)CC1. The van der Waals surface area contributed by atoms with E-state index in [1.54, 1.807) is 41.6 Å². The van der Waals surface area contributed by atoms with Crippen molar-refractivity contribution in [3.63, 3.8) is 0 Å². The van der Waals surface area contributed by atoms with E-state index < -0.39 is 15.4 Å². The summed E-state index contributed by atoms with van der Waals surface area (Å²) in [7, 11) is -3.25. The number of nitrogens with one attached hydrogen (secondary N) is 1.